The first kappa shape index (κ1) is 22.7. The summed E-state index contributed by atoms with van der Waals surface area (Å²) < 4.78 is 21.9. The summed E-state index contributed by atoms with van der Waals surface area (Å²) >= 11 is 12.0. The molecular formula is C21H21Cl2N3O5. The molecule has 3 rings (SSSR count). The molecule has 2 aromatic carbocycles. The standard InChI is InChI=1S/C21H21Cl2N3O5/c1-12(30-16-8-6-14(22)10-15(16)23)21(27)26(2)11-19-24-25-20(31-19)13-5-7-17(28-3)18(9-13)29-4/h5-10,12H,11H2,1-4H3/t12-/m1/s1. The zero-order chi connectivity index (χ0) is 22.5. The number of halogens is 2. The number of amides is 1. The Morgan fingerprint density at radius 3 is 2.45 bits per heavy atom. The number of methoxy groups -OCH3 is 2. The molecule has 0 saturated heterocycles. The van der Waals surface area contributed by atoms with Crippen LogP contribution in [0, 0.1) is 0 Å². The van der Waals surface area contributed by atoms with E-state index < -0.39 is 6.10 Å². The quantitative estimate of drug-likeness (QED) is 0.484. The predicted octanol–water partition coefficient (Wildman–Crippen LogP) is 4.49. The number of nitrogens with zero attached hydrogens (tertiary/aromatic N) is 3. The molecule has 0 fully saturated rings. The van der Waals surface area contributed by atoms with Crippen LogP contribution in [0.15, 0.2) is 40.8 Å². The van der Waals surface area contributed by atoms with Crippen LogP contribution in [0.4, 0.5) is 0 Å². The van der Waals surface area contributed by atoms with E-state index in [4.69, 9.17) is 41.8 Å². The summed E-state index contributed by atoms with van der Waals surface area (Å²) in [6, 6.07) is 10.1. The Bertz CT molecular complexity index is 1070. The van der Waals surface area contributed by atoms with Gasteiger partial charge in [0.15, 0.2) is 17.6 Å². The molecule has 0 saturated carbocycles. The van der Waals surface area contributed by atoms with Crippen LogP contribution in [0.2, 0.25) is 10.0 Å². The van der Waals surface area contributed by atoms with Crippen molar-refractivity contribution in [3.63, 3.8) is 0 Å². The lowest BCUT2D eigenvalue weighted by Crippen LogP contribution is -2.37. The molecule has 0 bridgehead atoms. The van der Waals surface area contributed by atoms with Gasteiger partial charge >= 0.3 is 0 Å². The van der Waals surface area contributed by atoms with E-state index in [1.54, 1.807) is 64.6 Å². The number of aromatic nitrogens is 2. The van der Waals surface area contributed by atoms with Crippen LogP contribution in [0.1, 0.15) is 12.8 Å². The van der Waals surface area contributed by atoms with Crippen LogP contribution in [0.5, 0.6) is 17.2 Å². The first-order chi connectivity index (χ1) is 14.8. The average molecular weight is 466 g/mol. The molecule has 3 aromatic rings. The third kappa shape index (κ3) is 5.39. The van der Waals surface area contributed by atoms with Gasteiger partial charge in [0.25, 0.3) is 5.91 Å². The van der Waals surface area contributed by atoms with Crippen molar-refractivity contribution in [3.8, 4) is 28.7 Å². The van der Waals surface area contributed by atoms with Crippen LogP contribution in [-0.4, -0.2) is 48.4 Å². The molecule has 0 spiro atoms. The summed E-state index contributed by atoms with van der Waals surface area (Å²) in [6.07, 6.45) is -0.781. The van der Waals surface area contributed by atoms with Gasteiger partial charge in [0.2, 0.25) is 11.8 Å². The lowest BCUT2D eigenvalue weighted by Gasteiger charge is -2.21. The Balaban J connectivity index is 1.66. The molecule has 1 atom stereocenters. The van der Waals surface area contributed by atoms with Gasteiger partial charge in [-0.05, 0) is 43.3 Å². The third-order valence-electron chi connectivity index (χ3n) is 4.39. The van der Waals surface area contributed by atoms with Gasteiger partial charge in [-0.2, -0.15) is 0 Å². The van der Waals surface area contributed by atoms with E-state index in [0.29, 0.717) is 38.7 Å². The van der Waals surface area contributed by atoms with Gasteiger partial charge in [-0.3, -0.25) is 4.79 Å². The van der Waals surface area contributed by atoms with Gasteiger partial charge in [-0.25, -0.2) is 0 Å². The van der Waals surface area contributed by atoms with Crippen molar-refractivity contribution in [1.82, 2.24) is 15.1 Å². The molecule has 8 nitrogen and oxygen atoms in total. The van der Waals surface area contributed by atoms with Crippen molar-refractivity contribution in [2.75, 3.05) is 21.3 Å². The number of rotatable bonds is 8. The Kier molecular flexibility index (Phi) is 7.25. The molecule has 0 radical (unpaired) electrons. The zero-order valence-electron chi connectivity index (χ0n) is 17.4. The van der Waals surface area contributed by atoms with E-state index in [0.717, 1.165) is 0 Å². The molecular weight excluding hydrogens is 445 g/mol. The van der Waals surface area contributed by atoms with Crippen molar-refractivity contribution in [2.24, 2.45) is 0 Å². The SMILES string of the molecule is COc1ccc(-c2nnc(CN(C)C(=O)[C@@H](C)Oc3ccc(Cl)cc3Cl)o2)cc1OC. The molecule has 0 aliphatic rings. The molecule has 0 N–H and O–H groups in total. The van der Waals surface area contributed by atoms with E-state index in [1.807, 2.05) is 0 Å². The Labute approximate surface area is 189 Å². The minimum atomic E-state index is -0.781. The van der Waals surface area contributed by atoms with E-state index >= 15 is 0 Å². The van der Waals surface area contributed by atoms with E-state index in [2.05, 4.69) is 10.2 Å². The number of ether oxygens (including phenoxy) is 3. The fourth-order valence-electron chi connectivity index (χ4n) is 2.81. The summed E-state index contributed by atoms with van der Waals surface area (Å²) in [5.41, 5.74) is 0.666. The van der Waals surface area contributed by atoms with Gasteiger partial charge in [-0.1, -0.05) is 23.2 Å². The second-order valence-corrected chi connectivity index (χ2v) is 7.44. The molecule has 1 amide bonds. The molecule has 0 aliphatic heterocycles. The number of carbonyl (C=O) groups excluding carboxylic acids is 1. The molecule has 0 unspecified atom stereocenters. The van der Waals surface area contributed by atoms with Gasteiger partial charge in [0, 0.05) is 17.6 Å². The van der Waals surface area contributed by atoms with Crippen LogP contribution in [-0.2, 0) is 11.3 Å². The maximum absolute atomic E-state index is 12.7. The predicted molar refractivity (Wildman–Crippen MR) is 116 cm³/mol. The van der Waals surface area contributed by atoms with E-state index in [-0.39, 0.29) is 18.3 Å². The average Bonchev–Trinajstić information content (AvgIpc) is 3.22. The first-order valence-corrected chi connectivity index (χ1v) is 9.99. The van der Waals surface area contributed by atoms with Crippen molar-refractivity contribution >= 4 is 29.1 Å². The monoisotopic (exact) mass is 465 g/mol. The summed E-state index contributed by atoms with van der Waals surface area (Å²) in [6.45, 7) is 1.74. The summed E-state index contributed by atoms with van der Waals surface area (Å²) in [5, 5.41) is 8.88. The molecule has 1 aromatic heterocycles. The second-order valence-electron chi connectivity index (χ2n) is 6.60. The maximum atomic E-state index is 12.7. The highest BCUT2D eigenvalue weighted by atomic mass is 35.5. The highest BCUT2D eigenvalue weighted by molar-refractivity contribution is 6.35. The fourth-order valence-corrected chi connectivity index (χ4v) is 3.26. The number of carbonyl (C=O) groups is 1. The van der Waals surface area contributed by atoms with Crippen LogP contribution in [0.3, 0.4) is 0 Å². The van der Waals surface area contributed by atoms with Crippen molar-refractivity contribution in [3.05, 3.63) is 52.3 Å². The second kappa shape index (κ2) is 9.89. The van der Waals surface area contributed by atoms with Gasteiger partial charge in [0.05, 0.1) is 25.8 Å². The van der Waals surface area contributed by atoms with Crippen LogP contribution < -0.4 is 14.2 Å². The maximum Gasteiger partial charge on any atom is 0.263 e. The minimum Gasteiger partial charge on any atom is -0.493 e. The first-order valence-electron chi connectivity index (χ1n) is 9.23. The number of hydrogen-bond acceptors (Lipinski definition) is 7. The van der Waals surface area contributed by atoms with Crippen molar-refractivity contribution in [1.29, 1.82) is 0 Å². The summed E-state index contributed by atoms with van der Waals surface area (Å²) in [5.74, 6) is 1.79. The molecule has 164 valence electrons. The topological polar surface area (TPSA) is 86.9 Å². The normalized spacial score (nSPS) is 11.7. The van der Waals surface area contributed by atoms with E-state index in [9.17, 15) is 4.79 Å². The lowest BCUT2D eigenvalue weighted by atomic mass is 10.2. The number of benzene rings is 2. The Morgan fingerprint density at radius 1 is 1.06 bits per heavy atom. The van der Waals surface area contributed by atoms with E-state index in [1.165, 1.54) is 4.90 Å². The van der Waals surface area contributed by atoms with Gasteiger partial charge in [-0.15, -0.1) is 10.2 Å². The largest absolute Gasteiger partial charge is 0.493 e. The highest BCUT2D eigenvalue weighted by Gasteiger charge is 2.22. The third-order valence-corrected chi connectivity index (χ3v) is 4.92. The van der Waals surface area contributed by atoms with Crippen LogP contribution >= 0.6 is 23.2 Å². The molecule has 10 heteroatoms. The lowest BCUT2D eigenvalue weighted by molar-refractivity contribution is -0.137. The fraction of sp³-hybridized carbons (Fsp3) is 0.286. The summed E-state index contributed by atoms with van der Waals surface area (Å²) in [4.78, 5) is 14.1. The Morgan fingerprint density at radius 2 is 1.77 bits per heavy atom. The van der Waals surface area contributed by atoms with Crippen molar-refractivity contribution < 1.29 is 23.4 Å². The van der Waals surface area contributed by atoms with Crippen LogP contribution in [0.25, 0.3) is 11.5 Å². The minimum absolute atomic E-state index is 0.112. The number of likely N-dealkylation sites (N-methyl/N-ethyl adjacent to an activating group) is 1. The highest BCUT2D eigenvalue weighted by Crippen LogP contribution is 2.32. The molecule has 31 heavy (non-hydrogen) atoms. The smallest absolute Gasteiger partial charge is 0.263 e. The molecule has 0 aliphatic carbocycles. The van der Waals surface area contributed by atoms with Gasteiger partial charge in [0.1, 0.15) is 5.75 Å². The van der Waals surface area contributed by atoms with Gasteiger partial charge < -0.3 is 23.5 Å². The van der Waals surface area contributed by atoms with Crippen molar-refractivity contribution in [2.45, 2.75) is 19.6 Å². The Hall–Kier alpha value is -2.97. The zero-order valence-corrected chi connectivity index (χ0v) is 18.9. The number of hydrogen-bond donors (Lipinski definition) is 0. The summed E-state index contributed by atoms with van der Waals surface area (Å²) in [7, 11) is 4.72. The molecule has 1 heterocycles.